The monoisotopic (exact) mass is 702 g/mol. The van der Waals surface area contributed by atoms with Gasteiger partial charge in [-0.05, 0) is 30.3 Å². The van der Waals surface area contributed by atoms with Crippen LogP contribution >= 0.6 is 0 Å². The number of phenolic OH excluding ortho intramolecular Hbond substituents is 3. The average molecular weight is 703 g/mol. The lowest BCUT2D eigenvalue weighted by Gasteiger charge is -2.19. The molecule has 0 bridgehead atoms. The third-order valence-corrected chi connectivity index (χ3v) is 8.50. The normalized spacial score (nSPS) is 10.9. The second kappa shape index (κ2) is 14.0. The molecule has 0 aliphatic carbocycles. The molecule has 3 N–H and O–H groups in total. The van der Waals surface area contributed by atoms with E-state index in [-0.39, 0.29) is 27.8 Å². The Kier molecular flexibility index (Phi) is 8.93. The summed E-state index contributed by atoms with van der Waals surface area (Å²) in [5, 5.41) is 31.9. The van der Waals surface area contributed by atoms with E-state index in [0.717, 1.165) is 12.1 Å². The molecular weight excluding hydrogens is 676 g/mol. The SMILES string of the molecule is O=C(Oc1c(C(=O)c2ccccc2)c(O)c(C(=O)c2ccccc2)c2oc(-c3ccc(O)c(O)c3)c(C(=O)c3ccccc3)c(=O)c12)c1ccccc1. The van der Waals surface area contributed by atoms with Crippen LogP contribution in [-0.2, 0) is 0 Å². The van der Waals surface area contributed by atoms with Crippen LogP contribution in [0.2, 0.25) is 0 Å². The van der Waals surface area contributed by atoms with Gasteiger partial charge in [0.2, 0.25) is 22.8 Å². The molecule has 0 fully saturated rings. The second-order valence-corrected chi connectivity index (χ2v) is 11.8. The Balaban J connectivity index is 1.67. The molecule has 0 amide bonds. The quantitative estimate of drug-likeness (QED) is 0.0593. The highest BCUT2D eigenvalue weighted by molar-refractivity contribution is 6.25. The number of hydrogen-bond donors (Lipinski definition) is 3. The minimum atomic E-state index is -1.12. The summed E-state index contributed by atoms with van der Waals surface area (Å²) in [4.78, 5) is 71.8. The molecule has 7 aromatic rings. The third kappa shape index (κ3) is 6.21. The highest BCUT2D eigenvalue weighted by Crippen LogP contribution is 2.44. The van der Waals surface area contributed by atoms with Crippen molar-refractivity contribution < 1.29 is 43.7 Å². The molecule has 0 spiro atoms. The van der Waals surface area contributed by atoms with E-state index in [1.165, 1.54) is 54.6 Å². The fourth-order valence-electron chi connectivity index (χ4n) is 5.91. The maximum Gasteiger partial charge on any atom is 0.343 e. The zero-order chi connectivity index (χ0) is 37.2. The van der Waals surface area contributed by atoms with Crippen molar-refractivity contribution in [2.24, 2.45) is 0 Å². The summed E-state index contributed by atoms with van der Waals surface area (Å²) in [6, 6.07) is 34.1. The second-order valence-electron chi connectivity index (χ2n) is 11.8. The van der Waals surface area contributed by atoms with Crippen molar-refractivity contribution >= 4 is 34.3 Å². The van der Waals surface area contributed by atoms with E-state index in [4.69, 9.17) is 9.15 Å². The fraction of sp³-hybridized carbons (Fsp3) is 0. The molecule has 1 aromatic heterocycles. The number of phenols is 3. The van der Waals surface area contributed by atoms with Crippen molar-refractivity contribution in [1.82, 2.24) is 0 Å². The van der Waals surface area contributed by atoms with Gasteiger partial charge in [-0.25, -0.2) is 4.79 Å². The minimum absolute atomic E-state index is 0.0124. The van der Waals surface area contributed by atoms with Gasteiger partial charge in [0, 0.05) is 22.3 Å². The van der Waals surface area contributed by atoms with Gasteiger partial charge in [-0.2, -0.15) is 0 Å². The van der Waals surface area contributed by atoms with Gasteiger partial charge in [0.15, 0.2) is 22.8 Å². The lowest BCUT2D eigenvalue weighted by atomic mass is 9.90. The van der Waals surface area contributed by atoms with Crippen LogP contribution in [0.15, 0.2) is 149 Å². The molecule has 10 heteroatoms. The predicted octanol–water partition coefficient (Wildman–Crippen LogP) is 7.49. The smallest absolute Gasteiger partial charge is 0.343 e. The fourth-order valence-corrected chi connectivity index (χ4v) is 5.91. The van der Waals surface area contributed by atoms with Crippen LogP contribution < -0.4 is 10.2 Å². The molecule has 0 unspecified atom stereocenters. The molecular formula is C43H26O10. The maximum atomic E-state index is 15.1. The highest BCUT2D eigenvalue weighted by Gasteiger charge is 2.36. The van der Waals surface area contributed by atoms with Crippen molar-refractivity contribution in [1.29, 1.82) is 0 Å². The number of ketones is 3. The number of ether oxygens (including phenoxy) is 1. The minimum Gasteiger partial charge on any atom is -0.506 e. The van der Waals surface area contributed by atoms with Gasteiger partial charge in [-0.1, -0.05) is 109 Å². The van der Waals surface area contributed by atoms with Gasteiger partial charge in [-0.15, -0.1) is 0 Å². The van der Waals surface area contributed by atoms with Gasteiger partial charge in [-0.3, -0.25) is 19.2 Å². The molecule has 0 saturated heterocycles. The summed E-state index contributed by atoms with van der Waals surface area (Å²) in [5.41, 5.74) is -3.65. The van der Waals surface area contributed by atoms with Gasteiger partial charge in [0.05, 0.1) is 5.56 Å². The number of hydrogen-bond acceptors (Lipinski definition) is 10. The Morgan fingerprint density at radius 3 is 1.45 bits per heavy atom. The Labute approximate surface area is 300 Å². The molecule has 0 saturated carbocycles. The number of aromatic hydroxyl groups is 3. The summed E-state index contributed by atoms with van der Waals surface area (Å²) in [6.07, 6.45) is 0. The molecule has 0 aliphatic rings. The number of benzene rings is 6. The van der Waals surface area contributed by atoms with E-state index in [1.807, 2.05) is 0 Å². The van der Waals surface area contributed by atoms with Crippen molar-refractivity contribution in [3.63, 3.8) is 0 Å². The summed E-state index contributed by atoms with van der Waals surface area (Å²) < 4.78 is 12.2. The van der Waals surface area contributed by atoms with E-state index >= 15 is 4.79 Å². The van der Waals surface area contributed by atoms with Gasteiger partial charge < -0.3 is 24.5 Å². The number of carbonyl (C=O) groups is 4. The first-order valence-electron chi connectivity index (χ1n) is 16.1. The first-order chi connectivity index (χ1) is 25.7. The number of fused-ring (bicyclic) bond motifs is 1. The average Bonchev–Trinajstić information content (AvgIpc) is 3.19. The molecule has 0 atom stereocenters. The first-order valence-corrected chi connectivity index (χ1v) is 16.1. The lowest BCUT2D eigenvalue weighted by Crippen LogP contribution is -2.22. The van der Waals surface area contributed by atoms with Crippen molar-refractivity contribution in [2.75, 3.05) is 0 Å². The van der Waals surface area contributed by atoms with Crippen LogP contribution in [0.1, 0.15) is 58.1 Å². The zero-order valence-corrected chi connectivity index (χ0v) is 27.5. The summed E-state index contributed by atoms with van der Waals surface area (Å²) in [6.45, 7) is 0. The molecule has 7 rings (SSSR count). The largest absolute Gasteiger partial charge is 0.506 e. The topological polar surface area (TPSA) is 168 Å². The van der Waals surface area contributed by atoms with Crippen LogP contribution in [0.3, 0.4) is 0 Å². The summed E-state index contributed by atoms with van der Waals surface area (Å²) in [5.74, 6) is -6.95. The van der Waals surface area contributed by atoms with E-state index in [9.17, 15) is 34.5 Å². The Morgan fingerprint density at radius 1 is 0.509 bits per heavy atom. The number of rotatable bonds is 9. The van der Waals surface area contributed by atoms with E-state index in [1.54, 1.807) is 72.8 Å². The van der Waals surface area contributed by atoms with Crippen LogP contribution in [0, 0.1) is 0 Å². The highest BCUT2D eigenvalue weighted by atomic mass is 16.5. The summed E-state index contributed by atoms with van der Waals surface area (Å²) >= 11 is 0. The molecule has 0 aliphatic heterocycles. The van der Waals surface area contributed by atoms with E-state index in [2.05, 4.69) is 0 Å². The molecule has 258 valence electrons. The first kappa shape index (κ1) is 33.9. The van der Waals surface area contributed by atoms with Crippen molar-refractivity contribution in [3.05, 3.63) is 189 Å². The zero-order valence-electron chi connectivity index (χ0n) is 27.5. The van der Waals surface area contributed by atoms with Crippen molar-refractivity contribution in [3.8, 4) is 34.3 Å². The Hall–Kier alpha value is -7.59. The van der Waals surface area contributed by atoms with E-state index < -0.39 is 85.2 Å². The molecule has 10 nitrogen and oxygen atoms in total. The third-order valence-electron chi connectivity index (χ3n) is 8.50. The Morgan fingerprint density at radius 2 is 0.962 bits per heavy atom. The summed E-state index contributed by atoms with van der Waals surface area (Å²) in [7, 11) is 0. The maximum absolute atomic E-state index is 15.1. The molecule has 0 radical (unpaired) electrons. The van der Waals surface area contributed by atoms with Crippen LogP contribution in [0.4, 0.5) is 0 Å². The number of carbonyl (C=O) groups excluding carboxylic acids is 4. The number of esters is 1. The van der Waals surface area contributed by atoms with Crippen LogP contribution in [0.25, 0.3) is 22.3 Å². The van der Waals surface area contributed by atoms with Crippen molar-refractivity contribution in [2.45, 2.75) is 0 Å². The molecule has 1 heterocycles. The van der Waals surface area contributed by atoms with Crippen LogP contribution in [0.5, 0.6) is 23.0 Å². The van der Waals surface area contributed by atoms with Gasteiger partial charge in [0.1, 0.15) is 33.6 Å². The standard InChI is InChI=1S/C43H26O10/c44-29-22-21-28(23-30(29)45)40-31(35(46)24-13-5-1-6-14-24)39(50)34-41(52-40)32(36(47)25-15-7-2-8-16-25)38(49)33(37(48)26-17-9-3-10-18-26)42(34)53-43(51)27-19-11-4-12-20-27/h1-23,44-45,49H. The lowest BCUT2D eigenvalue weighted by molar-refractivity contribution is 0.0734. The molecule has 6 aromatic carbocycles. The van der Waals surface area contributed by atoms with E-state index in [0.29, 0.717) is 0 Å². The van der Waals surface area contributed by atoms with Gasteiger partial charge >= 0.3 is 5.97 Å². The Bertz CT molecular complexity index is 2630. The van der Waals surface area contributed by atoms with Crippen LogP contribution in [-0.4, -0.2) is 38.6 Å². The van der Waals surface area contributed by atoms with Gasteiger partial charge in [0.25, 0.3) is 0 Å². The predicted molar refractivity (Wildman–Crippen MR) is 194 cm³/mol. The molecule has 53 heavy (non-hydrogen) atoms.